The summed E-state index contributed by atoms with van der Waals surface area (Å²) in [5.41, 5.74) is 9.67. The fraction of sp³-hybridized carbons (Fsp3) is 0.343. The van der Waals surface area contributed by atoms with E-state index in [0.717, 1.165) is 45.8 Å². The number of hydrogen-bond donors (Lipinski definition) is 0. The molecule has 1 aromatic heterocycles. The quantitative estimate of drug-likeness (QED) is 0.352. The van der Waals surface area contributed by atoms with Crippen molar-refractivity contribution in [3.05, 3.63) is 86.0 Å². The molecule has 226 valence electrons. The summed E-state index contributed by atoms with van der Waals surface area (Å²) in [6, 6.07) is 0. The van der Waals surface area contributed by atoms with Gasteiger partial charge < -0.3 is 24.7 Å². The maximum atomic E-state index is 14.0. The topological polar surface area (TPSA) is 141 Å². The summed E-state index contributed by atoms with van der Waals surface area (Å²) < 4.78 is 5.10. The monoisotopic (exact) mass is 613 g/mol. The Morgan fingerprint density at radius 3 is 2.40 bits per heavy atom. The molecular weight excluding hydrogens is 581 g/mol. The van der Waals surface area contributed by atoms with E-state index < -0.39 is 29.5 Å². The van der Waals surface area contributed by atoms with Crippen molar-refractivity contribution >= 4 is 69.5 Å². The number of aliphatic imine (C=N–C) groups is 3. The van der Waals surface area contributed by atoms with E-state index in [1.165, 1.54) is 7.11 Å². The Balaban J connectivity index is 0.00000400. The van der Waals surface area contributed by atoms with E-state index >= 15 is 0 Å². The number of carbonyl (C=O) groups is 2. The van der Waals surface area contributed by atoms with Crippen LogP contribution in [0.25, 0.3) is 17.4 Å². The molecule has 0 radical (unpaired) electrons. The molecule has 0 saturated heterocycles. The van der Waals surface area contributed by atoms with Gasteiger partial charge >= 0.3 is 29.0 Å². The molecule has 0 unspecified atom stereocenters. The number of aliphatic carboxylic acids is 1. The smallest absolute Gasteiger partial charge is 0.874 e. The number of carbonyl (C=O) groups excluding carboxylic acids is 2. The largest absolute Gasteiger partial charge is 2.00 e. The first-order chi connectivity index (χ1) is 21.0. The number of ether oxygens (including phenoxy) is 1. The molecule has 1 aromatic rings. The zero-order chi connectivity index (χ0) is 31.6. The summed E-state index contributed by atoms with van der Waals surface area (Å²) in [4.78, 5) is 44.7. The van der Waals surface area contributed by atoms with E-state index in [2.05, 4.69) is 13.5 Å². The summed E-state index contributed by atoms with van der Waals surface area (Å²) >= 11 is 0. The molecule has 8 bridgehead atoms. The molecule has 0 N–H and O–H groups in total. The summed E-state index contributed by atoms with van der Waals surface area (Å²) in [5.74, 6) is -4.18. The maximum Gasteiger partial charge on any atom is 2.00 e. The maximum absolute atomic E-state index is 14.0. The number of aromatic nitrogens is 1. The van der Waals surface area contributed by atoms with Crippen LogP contribution in [0.3, 0.4) is 0 Å². The van der Waals surface area contributed by atoms with Crippen molar-refractivity contribution in [1.82, 2.24) is 4.98 Å². The molecule has 0 fully saturated rings. The number of nitrogens with zero attached hydrogens (tertiary/aromatic N) is 4. The number of carboxylic acids is 1. The van der Waals surface area contributed by atoms with Gasteiger partial charge in [-0.3, -0.25) is 9.79 Å². The minimum absolute atomic E-state index is 0. The van der Waals surface area contributed by atoms with E-state index in [1.54, 1.807) is 6.08 Å². The van der Waals surface area contributed by atoms with Crippen LogP contribution in [0.4, 0.5) is 0 Å². The third-order valence-corrected chi connectivity index (χ3v) is 9.41. The van der Waals surface area contributed by atoms with Gasteiger partial charge in [0.2, 0.25) is 0 Å². The Hall–Kier alpha value is -4.02. The first kappa shape index (κ1) is 32.4. The van der Waals surface area contributed by atoms with Crippen LogP contribution in [-0.2, 0) is 14.3 Å². The van der Waals surface area contributed by atoms with Gasteiger partial charge in [-0.2, -0.15) is 0 Å². The van der Waals surface area contributed by atoms with Crippen LogP contribution < -0.4 is 25.8 Å². The second-order valence-electron chi connectivity index (χ2n) is 11.7. The summed E-state index contributed by atoms with van der Waals surface area (Å²) in [6.45, 7) is 13.9. The number of fused-ring (bicyclic) bond motifs is 5. The Morgan fingerprint density at radius 1 is 1.07 bits per heavy atom. The number of methoxy groups -OCH3 is 1. The van der Waals surface area contributed by atoms with Crippen molar-refractivity contribution in [2.45, 2.75) is 53.9 Å². The fourth-order valence-corrected chi connectivity index (χ4v) is 6.92. The zero-order valence-electron chi connectivity index (χ0n) is 26.4. The number of allylic oxidation sites excluding steroid dienone is 7. The standard InChI is InChI=1S/C35H36N4O5.Mg/c1-8-19-15(3)22-12-24-17(5)21(10-11-28(40)41)32(38-24)30-31(35(43)44-7)34(42)29-18(6)25(39-33(29)30)14-27-20(9-2)16(4)23(37-27)13-26(19)36-22;/h8,12-14,17,21,31H,1,9-11H2,2-7H3,(H3,36,37,38,39,40,41,42);/q;+2/p-3/t17-,21-,31+;/m0./s1. The predicted octanol–water partition coefficient (Wildman–Crippen LogP) is 1.49. The van der Waals surface area contributed by atoms with Crippen LogP contribution in [0.5, 0.6) is 0 Å². The van der Waals surface area contributed by atoms with Gasteiger partial charge in [0.25, 0.3) is 0 Å². The van der Waals surface area contributed by atoms with Gasteiger partial charge in [-0.15, -0.1) is 16.8 Å². The normalized spacial score (nSPS) is 23.3. The van der Waals surface area contributed by atoms with Gasteiger partial charge in [-0.05, 0) is 79.7 Å². The Labute approximate surface area is 277 Å². The first-order valence-electron chi connectivity index (χ1n) is 14.8. The average Bonchev–Trinajstić information content (AvgIpc) is 3.72. The van der Waals surface area contributed by atoms with Gasteiger partial charge in [-0.1, -0.05) is 38.1 Å². The predicted molar refractivity (Wildman–Crippen MR) is 171 cm³/mol. The summed E-state index contributed by atoms with van der Waals surface area (Å²) in [7, 11) is 1.25. The third-order valence-electron chi connectivity index (χ3n) is 9.41. The summed E-state index contributed by atoms with van der Waals surface area (Å²) in [5, 5.41) is 26.3. The molecule has 0 aromatic carbocycles. The van der Waals surface area contributed by atoms with E-state index in [4.69, 9.17) is 24.7 Å². The molecule has 3 atom stereocenters. The van der Waals surface area contributed by atoms with Crippen molar-refractivity contribution in [3.8, 4) is 0 Å². The van der Waals surface area contributed by atoms with Gasteiger partial charge in [-0.25, -0.2) is 9.98 Å². The van der Waals surface area contributed by atoms with Crippen molar-refractivity contribution in [3.63, 3.8) is 0 Å². The SMILES string of the molecule is C=CC1=C(C)C2=NC1=CC1=NC(=Cc3[n-]c4c(c3C)=C([O-])[C@H](C(=O)OC)C=4C3=NC(=C2)[C@@H](C)[C@@H]3CCC(=O)[O-])C(CC)=C1C.[Mg+2]. The van der Waals surface area contributed by atoms with E-state index in [-0.39, 0.29) is 41.8 Å². The molecule has 0 spiro atoms. The number of rotatable bonds is 6. The fourth-order valence-electron chi connectivity index (χ4n) is 6.92. The van der Waals surface area contributed by atoms with Crippen LogP contribution in [0.1, 0.15) is 58.2 Å². The van der Waals surface area contributed by atoms with Gasteiger partial charge in [0, 0.05) is 34.8 Å². The Bertz CT molecular complexity index is 1960. The van der Waals surface area contributed by atoms with Crippen LogP contribution in [0.15, 0.2) is 79.2 Å². The molecule has 0 saturated carbocycles. The second kappa shape index (κ2) is 12.1. The average molecular weight is 614 g/mol. The number of esters is 1. The Kier molecular flexibility index (Phi) is 8.67. The van der Waals surface area contributed by atoms with E-state index in [9.17, 15) is 19.8 Å². The minimum atomic E-state index is -1.25. The van der Waals surface area contributed by atoms with E-state index in [0.29, 0.717) is 44.5 Å². The molecule has 4 aliphatic heterocycles. The van der Waals surface area contributed by atoms with Crippen LogP contribution >= 0.6 is 0 Å². The van der Waals surface area contributed by atoms with Crippen LogP contribution in [-0.4, -0.2) is 59.2 Å². The minimum Gasteiger partial charge on any atom is -0.874 e. The van der Waals surface area contributed by atoms with Crippen molar-refractivity contribution in [2.24, 2.45) is 32.7 Å². The summed E-state index contributed by atoms with van der Waals surface area (Å²) in [6.07, 6.45) is 8.30. The molecule has 1 aliphatic carbocycles. The molecule has 5 aliphatic rings. The van der Waals surface area contributed by atoms with Crippen LogP contribution in [0, 0.1) is 24.7 Å². The van der Waals surface area contributed by atoms with Crippen LogP contribution in [0.2, 0.25) is 0 Å². The molecule has 6 rings (SSSR count). The first-order valence-corrected chi connectivity index (χ1v) is 14.8. The number of carboxylic acid groups (broad SMARTS) is 1. The van der Waals surface area contributed by atoms with Gasteiger partial charge in [0.1, 0.15) is 0 Å². The zero-order valence-corrected chi connectivity index (χ0v) is 27.8. The van der Waals surface area contributed by atoms with Gasteiger partial charge in [0.15, 0.2) is 0 Å². The van der Waals surface area contributed by atoms with Crippen molar-refractivity contribution in [2.75, 3.05) is 7.11 Å². The van der Waals surface area contributed by atoms with Gasteiger partial charge in [0.05, 0.1) is 35.8 Å². The third kappa shape index (κ3) is 5.04. The Morgan fingerprint density at radius 2 is 1.76 bits per heavy atom. The number of hydrogen-bond acceptors (Lipinski definition) is 8. The molecule has 9 nitrogen and oxygen atoms in total. The second-order valence-corrected chi connectivity index (χ2v) is 11.7. The molecular formula is C35H33MgN4O5-. The molecule has 0 amide bonds. The van der Waals surface area contributed by atoms with Crippen molar-refractivity contribution in [1.29, 1.82) is 0 Å². The molecule has 5 heterocycles. The molecule has 45 heavy (non-hydrogen) atoms. The van der Waals surface area contributed by atoms with Crippen molar-refractivity contribution < 1.29 is 24.5 Å². The van der Waals surface area contributed by atoms with E-state index in [1.807, 2.05) is 45.9 Å². The molecule has 10 heteroatoms.